The highest BCUT2D eigenvalue weighted by atomic mass is 16.6. The molecule has 7 heteroatoms. The lowest BCUT2D eigenvalue weighted by molar-refractivity contribution is -0.384. The molecular formula is C20H23N3O4. The topological polar surface area (TPSA) is 75.9 Å². The average molecular weight is 369 g/mol. The molecule has 2 aromatic rings. The summed E-state index contributed by atoms with van der Waals surface area (Å²) in [6.45, 7) is 4.58. The van der Waals surface area contributed by atoms with Crippen LogP contribution < -0.4 is 9.64 Å². The monoisotopic (exact) mass is 369 g/mol. The first kappa shape index (κ1) is 18.7. The number of piperazine rings is 1. The quantitative estimate of drug-likeness (QED) is 0.598. The second-order valence-corrected chi connectivity index (χ2v) is 6.55. The van der Waals surface area contributed by atoms with Gasteiger partial charge in [0.15, 0.2) is 0 Å². The Hall–Kier alpha value is -3.09. The van der Waals surface area contributed by atoms with Crippen molar-refractivity contribution >= 4 is 17.3 Å². The van der Waals surface area contributed by atoms with Gasteiger partial charge in [-0.2, -0.15) is 0 Å². The van der Waals surface area contributed by atoms with Crippen LogP contribution in [0, 0.1) is 10.1 Å². The highest BCUT2D eigenvalue weighted by Crippen LogP contribution is 2.29. The highest BCUT2D eigenvalue weighted by Gasteiger charge is 2.27. The Morgan fingerprint density at radius 1 is 1.07 bits per heavy atom. The summed E-state index contributed by atoms with van der Waals surface area (Å²) in [5, 5.41) is 10.8. The fourth-order valence-corrected chi connectivity index (χ4v) is 3.36. The standard InChI is InChI=1S/C20H23N3O4/c1-15(16-7-9-17(10-8-16)23(25)26)20(24)22-13-11-21(12-14-22)18-5-3-4-6-19(18)27-2/h3-10,15H,11-14H2,1-2H3. The molecule has 0 spiro atoms. The van der Waals surface area contributed by atoms with Gasteiger partial charge < -0.3 is 14.5 Å². The van der Waals surface area contributed by atoms with Crippen molar-refractivity contribution in [2.24, 2.45) is 0 Å². The number of nitro benzene ring substituents is 1. The van der Waals surface area contributed by atoms with Crippen LogP contribution in [0.1, 0.15) is 18.4 Å². The summed E-state index contributed by atoms with van der Waals surface area (Å²) in [6.07, 6.45) is 0. The predicted octanol–water partition coefficient (Wildman–Crippen LogP) is 3.06. The number of hydrogen-bond acceptors (Lipinski definition) is 5. The van der Waals surface area contributed by atoms with E-state index in [1.54, 1.807) is 19.2 Å². The lowest BCUT2D eigenvalue weighted by Crippen LogP contribution is -2.49. The number of hydrogen-bond donors (Lipinski definition) is 0. The molecule has 0 saturated carbocycles. The third-order valence-corrected chi connectivity index (χ3v) is 4.99. The van der Waals surface area contributed by atoms with E-state index < -0.39 is 4.92 Å². The molecule has 1 atom stereocenters. The van der Waals surface area contributed by atoms with Gasteiger partial charge in [0, 0.05) is 38.3 Å². The first-order valence-electron chi connectivity index (χ1n) is 8.92. The third-order valence-electron chi connectivity index (χ3n) is 4.99. The van der Waals surface area contributed by atoms with Gasteiger partial charge in [0.1, 0.15) is 5.75 Å². The summed E-state index contributed by atoms with van der Waals surface area (Å²) in [5.74, 6) is 0.545. The van der Waals surface area contributed by atoms with E-state index in [0.29, 0.717) is 13.1 Å². The minimum absolute atomic E-state index is 0.0313. The fourth-order valence-electron chi connectivity index (χ4n) is 3.36. The van der Waals surface area contributed by atoms with Crippen molar-refractivity contribution in [3.8, 4) is 5.75 Å². The van der Waals surface area contributed by atoms with Crippen molar-refractivity contribution in [1.82, 2.24) is 4.90 Å². The number of carbonyl (C=O) groups excluding carboxylic acids is 1. The molecule has 1 aliphatic rings. The Balaban J connectivity index is 1.63. The van der Waals surface area contributed by atoms with Crippen LogP contribution in [0.2, 0.25) is 0 Å². The van der Waals surface area contributed by atoms with E-state index >= 15 is 0 Å². The molecule has 1 heterocycles. The summed E-state index contributed by atoms with van der Waals surface area (Å²) >= 11 is 0. The van der Waals surface area contributed by atoms with Crippen LogP contribution in [-0.4, -0.2) is 49.0 Å². The smallest absolute Gasteiger partial charge is 0.269 e. The first-order chi connectivity index (χ1) is 13.0. The molecule has 0 radical (unpaired) electrons. The largest absolute Gasteiger partial charge is 0.495 e. The number of carbonyl (C=O) groups is 1. The Bertz CT molecular complexity index is 814. The van der Waals surface area contributed by atoms with E-state index in [2.05, 4.69) is 4.90 Å². The minimum atomic E-state index is -0.437. The number of methoxy groups -OCH3 is 1. The Labute approximate surface area is 158 Å². The molecule has 0 aromatic heterocycles. The van der Waals surface area contributed by atoms with Crippen molar-refractivity contribution in [3.63, 3.8) is 0 Å². The summed E-state index contributed by atoms with van der Waals surface area (Å²) < 4.78 is 5.43. The normalized spacial score (nSPS) is 15.3. The predicted molar refractivity (Wildman–Crippen MR) is 103 cm³/mol. The second-order valence-electron chi connectivity index (χ2n) is 6.55. The van der Waals surface area contributed by atoms with Gasteiger partial charge >= 0.3 is 0 Å². The number of benzene rings is 2. The molecule has 2 aromatic carbocycles. The number of nitro groups is 1. The molecule has 27 heavy (non-hydrogen) atoms. The zero-order valence-electron chi connectivity index (χ0n) is 15.5. The summed E-state index contributed by atoms with van der Waals surface area (Å²) in [7, 11) is 1.66. The second kappa shape index (κ2) is 8.07. The number of non-ortho nitro benzene ring substituents is 1. The van der Waals surface area contributed by atoms with Gasteiger partial charge in [0.25, 0.3) is 5.69 Å². The van der Waals surface area contributed by atoms with Crippen LogP contribution in [0.3, 0.4) is 0 Å². The Morgan fingerprint density at radius 3 is 2.30 bits per heavy atom. The van der Waals surface area contributed by atoms with Crippen molar-refractivity contribution in [1.29, 1.82) is 0 Å². The van der Waals surface area contributed by atoms with Crippen molar-refractivity contribution in [2.45, 2.75) is 12.8 Å². The Morgan fingerprint density at radius 2 is 1.70 bits per heavy atom. The number of nitrogens with zero attached hydrogens (tertiary/aromatic N) is 3. The third kappa shape index (κ3) is 4.02. The molecule has 7 nitrogen and oxygen atoms in total. The van der Waals surface area contributed by atoms with E-state index in [1.807, 2.05) is 36.1 Å². The molecule has 1 aliphatic heterocycles. The average Bonchev–Trinajstić information content (AvgIpc) is 2.72. The molecule has 3 rings (SSSR count). The van der Waals surface area contributed by atoms with Crippen molar-refractivity contribution in [3.05, 3.63) is 64.2 Å². The summed E-state index contributed by atoms with van der Waals surface area (Å²) in [6, 6.07) is 14.1. The van der Waals surface area contributed by atoms with E-state index in [9.17, 15) is 14.9 Å². The van der Waals surface area contributed by atoms with Gasteiger partial charge in [-0.15, -0.1) is 0 Å². The Kier molecular flexibility index (Phi) is 5.59. The maximum atomic E-state index is 12.8. The molecule has 1 saturated heterocycles. The SMILES string of the molecule is COc1ccccc1N1CCN(C(=O)C(C)c2ccc([N+](=O)[O-])cc2)CC1. The van der Waals surface area contributed by atoms with Gasteiger partial charge in [-0.05, 0) is 24.6 Å². The molecule has 142 valence electrons. The molecule has 1 unspecified atom stereocenters. The number of amides is 1. The molecule has 1 fully saturated rings. The van der Waals surface area contributed by atoms with Crippen LogP contribution in [-0.2, 0) is 4.79 Å². The van der Waals surface area contributed by atoms with Crippen molar-refractivity contribution < 1.29 is 14.5 Å². The highest BCUT2D eigenvalue weighted by molar-refractivity contribution is 5.83. The van der Waals surface area contributed by atoms with Crippen LogP contribution >= 0.6 is 0 Å². The molecule has 0 aliphatic carbocycles. The van der Waals surface area contributed by atoms with E-state index in [0.717, 1.165) is 30.1 Å². The number of para-hydroxylation sites is 2. The first-order valence-corrected chi connectivity index (χ1v) is 8.92. The van der Waals surface area contributed by atoms with E-state index in [1.165, 1.54) is 12.1 Å². The van der Waals surface area contributed by atoms with Crippen LogP contribution in [0.15, 0.2) is 48.5 Å². The minimum Gasteiger partial charge on any atom is -0.495 e. The number of ether oxygens (including phenoxy) is 1. The zero-order chi connectivity index (χ0) is 19.4. The van der Waals surface area contributed by atoms with Gasteiger partial charge in [-0.25, -0.2) is 0 Å². The molecule has 0 bridgehead atoms. The number of rotatable bonds is 5. The number of anilines is 1. The van der Waals surface area contributed by atoms with Crippen LogP contribution in [0.4, 0.5) is 11.4 Å². The summed E-state index contributed by atoms with van der Waals surface area (Å²) in [4.78, 5) is 27.2. The lowest BCUT2D eigenvalue weighted by atomic mass is 9.99. The van der Waals surface area contributed by atoms with E-state index in [-0.39, 0.29) is 17.5 Å². The van der Waals surface area contributed by atoms with Gasteiger partial charge in [0.2, 0.25) is 5.91 Å². The maximum Gasteiger partial charge on any atom is 0.269 e. The molecule has 1 amide bonds. The lowest BCUT2D eigenvalue weighted by Gasteiger charge is -2.37. The van der Waals surface area contributed by atoms with Gasteiger partial charge in [-0.1, -0.05) is 24.3 Å². The zero-order valence-corrected chi connectivity index (χ0v) is 15.5. The summed E-state index contributed by atoms with van der Waals surface area (Å²) in [5.41, 5.74) is 1.86. The van der Waals surface area contributed by atoms with Gasteiger partial charge in [-0.3, -0.25) is 14.9 Å². The van der Waals surface area contributed by atoms with Gasteiger partial charge in [0.05, 0.1) is 23.6 Å². The van der Waals surface area contributed by atoms with E-state index in [4.69, 9.17) is 4.74 Å². The van der Waals surface area contributed by atoms with Crippen LogP contribution in [0.25, 0.3) is 0 Å². The fraction of sp³-hybridized carbons (Fsp3) is 0.350. The molecular weight excluding hydrogens is 346 g/mol. The van der Waals surface area contributed by atoms with Crippen molar-refractivity contribution in [2.75, 3.05) is 38.2 Å². The maximum absolute atomic E-state index is 12.8. The molecule has 0 N–H and O–H groups in total. The van der Waals surface area contributed by atoms with Crippen LogP contribution in [0.5, 0.6) is 5.75 Å².